The second-order valence-electron chi connectivity index (χ2n) is 7.30. The molecule has 0 unspecified atom stereocenters. The lowest BCUT2D eigenvalue weighted by atomic mass is 9.93. The molecule has 2 heterocycles. The number of hydrogen-bond donors (Lipinski definition) is 1. The average Bonchev–Trinajstić information content (AvgIpc) is 2.79. The molecule has 2 saturated heterocycles. The van der Waals surface area contributed by atoms with Gasteiger partial charge in [-0.05, 0) is 24.7 Å². The van der Waals surface area contributed by atoms with E-state index in [2.05, 4.69) is 29.1 Å². The minimum Gasteiger partial charge on any atom is -0.381 e. The molecular weight excluding hydrogens is 302 g/mol. The number of guanidine groups is 1. The molecule has 128 valence electrons. The molecule has 0 saturated carbocycles. The molecule has 2 aliphatic rings. The van der Waals surface area contributed by atoms with Crippen molar-refractivity contribution in [2.24, 2.45) is 10.4 Å². The topological polar surface area (TPSA) is 71.0 Å². The fourth-order valence-electron chi connectivity index (χ4n) is 3.29. The maximum Gasteiger partial charge on any atom is 0.193 e. The lowest BCUT2D eigenvalue weighted by molar-refractivity contribution is 0.0754. The van der Waals surface area contributed by atoms with Crippen LogP contribution < -0.4 is 5.32 Å². The van der Waals surface area contributed by atoms with Crippen molar-refractivity contribution in [3.63, 3.8) is 0 Å². The Morgan fingerprint density at radius 1 is 1.27 bits per heavy atom. The van der Waals surface area contributed by atoms with Crippen LogP contribution in [0.5, 0.6) is 0 Å². The smallest absolute Gasteiger partial charge is 0.193 e. The van der Waals surface area contributed by atoms with Crippen LogP contribution in [0.15, 0.2) is 4.99 Å². The zero-order valence-electron chi connectivity index (χ0n) is 14.2. The van der Waals surface area contributed by atoms with Crippen molar-refractivity contribution in [2.45, 2.75) is 37.9 Å². The highest BCUT2D eigenvalue weighted by Crippen LogP contribution is 2.30. The molecule has 0 aromatic rings. The molecule has 2 aliphatic heterocycles. The summed E-state index contributed by atoms with van der Waals surface area (Å²) in [5.74, 6) is 0.806. The van der Waals surface area contributed by atoms with Gasteiger partial charge in [-0.3, -0.25) is 4.99 Å². The summed E-state index contributed by atoms with van der Waals surface area (Å²) < 4.78 is 29.2. The number of nitrogens with one attached hydrogen (secondary N) is 1. The van der Waals surface area contributed by atoms with E-state index in [9.17, 15) is 8.42 Å². The van der Waals surface area contributed by atoms with Crippen LogP contribution in [0.4, 0.5) is 0 Å². The highest BCUT2D eigenvalue weighted by molar-refractivity contribution is 7.92. The summed E-state index contributed by atoms with van der Waals surface area (Å²) in [4.78, 5) is 6.56. The molecule has 0 aromatic heterocycles. The zero-order chi connectivity index (χ0) is 16.4. The van der Waals surface area contributed by atoms with Crippen LogP contribution in [-0.4, -0.2) is 70.2 Å². The fraction of sp³-hybridized carbons (Fsp3) is 0.933. The van der Waals surface area contributed by atoms with E-state index in [-0.39, 0.29) is 5.41 Å². The number of sulfone groups is 1. The molecule has 0 aliphatic carbocycles. The molecule has 7 heteroatoms. The van der Waals surface area contributed by atoms with E-state index in [1.54, 1.807) is 7.05 Å². The number of nitrogens with zero attached hydrogens (tertiary/aromatic N) is 2. The predicted octanol–water partition coefficient (Wildman–Crippen LogP) is 0.888. The van der Waals surface area contributed by atoms with Crippen molar-refractivity contribution in [3.8, 4) is 0 Å². The van der Waals surface area contributed by atoms with E-state index in [0.717, 1.165) is 25.5 Å². The summed E-state index contributed by atoms with van der Waals surface area (Å²) in [6.07, 6.45) is 3.54. The van der Waals surface area contributed by atoms with E-state index in [1.165, 1.54) is 6.26 Å². The first-order chi connectivity index (χ1) is 10.2. The second-order valence-corrected chi connectivity index (χ2v) is 9.71. The summed E-state index contributed by atoms with van der Waals surface area (Å²) in [6.45, 7) is 7.81. The van der Waals surface area contributed by atoms with Crippen LogP contribution >= 0.6 is 0 Å². The summed E-state index contributed by atoms with van der Waals surface area (Å²) in [5, 5.41) is 3.31. The summed E-state index contributed by atoms with van der Waals surface area (Å²) in [5.41, 5.74) is 0.283. The predicted molar refractivity (Wildman–Crippen MR) is 89.0 cm³/mol. The molecule has 6 nitrogen and oxygen atoms in total. The molecule has 2 fully saturated rings. The van der Waals surface area contributed by atoms with Gasteiger partial charge in [0.05, 0.1) is 4.75 Å². The van der Waals surface area contributed by atoms with E-state index in [1.807, 2.05) is 0 Å². The highest BCUT2D eigenvalue weighted by atomic mass is 32.2. The maximum atomic E-state index is 12.3. The van der Waals surface area contributed by atoms with Crippen molar-refractivity contribution in [1.82, 2.24) is 10.2 Å². The normalized spacial score (nSPS) is 25.3. The van der Waals surface area contributed by atoms with Gasteiger partial charge >= 0.3 is 0 Å². The lowest BCUT2D eigenvalue weighted by Crippen LogP contribution is -2.54. The van der Waals surface area contributed by atoms with Gasteiger partial charge < -0.3 is 15.0 Å². The van der Waals surface area contributed by atoms with Crippen molar-refractivity contribution in [3.05, 3.63) is 0 Å². The molecule has 0 radical (unpaired) electrons. The summed E-state index contributed by atoms with van der Waals surface area (Å²) in [6, 6.07) is 0. The number of aliphatic imine (C=N–C) groups is 1. The molecule has 1 N–H and O–H groups in total. The van der Waals surface area contributed by atoms with Crippen LogP contribution in [0.1, 0.15) is 33.1 Å². The Bertz CT molecular complexity index is 522. The van der Waals surface area contributed by atoms with E-state index >= 15 is 0 Å². The molecule has 0 atom stereocenters. The van der Waals surface area contributed by atoms with Crippen LogP contribution in [-0.2, 0) is 14.6 Å². The third-order valence-electron chi connectivity index (χ3n) is 4.95. The van der Waals surface area contributed by atoms with E-state index in [4.69, 9.17) is 4.74 Å². The Kier molecular flexibility index (Phi) is 5.06. The van der Waals surface area contributed by atoms with E-state index in [0.29, 0.717) is 32.6 Å². The average molecular weight is 331 g/mol. The van der Waals surface area contributed by atoms with Gasteiger partial charge in [0, 0.05) is 46.2 Å². The molecule has 0 amide bonds. The van der Waals surface area contributed by atoms with Gasteiger partial charge in [0.15, 0.2) is 15.8 Å². The third kappa shape index (κ3) is 3.74. The summed E-state index contributed by atoms with van der Waals surface area (Å²) in [7, 11) is -1.40. The van der Waals surface area contributed by atoms with Crippen LogP contribution in [0.25, 0.3) is 0 Å². The Morgan fingerprint density at radius 3 is 2.36 bits per heavy atom. The first-order valence-corrected chi connectivity index (χ1v) is 9.81. The minimum atomic E-state index is -3.15. The Morgan fingerprint density at radius 2 is 1.91 bits per heavy atom. The number of rotatable bonds is 3. The van der Waals surface area contributed by atoms with Crippen LogP contribution in [0.3, 0.4) is 0 Å². The first-order valence-electron chi connectivity index (χ1n) is 7.92. The summed E-state index contributed by atoms with van der Waals surface area (Å²) >= 11 is 0. The van der Waals surface area contributed by atoms with Gasteiger partial charge in [-0.2, -0.15) is 0 Å². The fourth-order valence-corrected chi connectivity index (χ4v) is 4.53. The Balaban J connectivity index is 2.05. The van der Waals surface area contributed by atoms with Gasteiger partial charge in [-0.1, -0.05) is 13.8 Å². The largest absolute Gasteiger partial charge is 0.381 e. The molecule has 0 aromatic carbocycles. The SMILES string of the molecule is CN=C(NCC1(S(C)(=O)=O)CCOCC1)N1CCC(C)(C)C1. The van der Waals surface area contributed by atoms with Crippen LogP contribution in [0, 0.1) is 5.41 Å². The minimum absolute atomic E-state index is 0.283. The van der Waals surface area contributed by atoms with Gasteiger partial charge in [0.2, 0.25) is 0 Å². The van der Waals surface area contributed by atoms with Gasteiger partial charge in [0.1, 0.15) is 0 Å². The van der Waals surface area contributed by atoms with Crippen LogP contribution in [0.2, 0.25) is 0 Å². The molecule has 0 spiro atoms. The quantitative estimate of drug-likeness (QED) is 0.614. The maximum absolute atomic E-state index is 12.3. The number of likely N-dealkylation sites (tertiary alicyclic amines) is 1. The first kappa shape index (κ1) is 17.5. The van der Waals surface area contributed by atoms with Crippen molar-refractivity contribution >= 4 is 15.8 Å². The van der Waals surface area contributed by atoms with Gasteiger partial charge in [0.25, 0.3) is 0 Å². The van der Waals surface area contributed by atoms with Crippen molar-refractivity contribution in [2.75, 3.05) is 46.2 Å². The molecule has 0 bridgehead atoms. The zero-order valence-corrected chi connectivity index (χ0v) is 15.0. The third-order valence-corrected chi connectivity index (χ3v) is 7.07. The molecule has 2 rings (SSSR count). The Hall–Kier alpha value is -0.820. The lowest BCUT2D eigenvalue weighted by Gasteiger charge is -2.36. The van der Waals surface area contributed by atoms with Crippen molar-refractivity contribution < 1.29 is 13.2 Å². The molecule has 22 heavy (non-hydrogen) atoms. The van der Waals surface area contributed by atoms with Gasteiger partial charge in [-0.15, -0.1) is 0 Å². The van der Waals surface area contributed by atoms with Crippen molar-refractivity contribution in [1.29, 1.82) is 0 Å². The number of hydrogen-bond acceptors (Lipinski definition) is 4. The van der Waals surface area contributed by atoms with E-state index < -0.39 is 14.6 Å². The molecular formula is C15H29N3O3S. The van der Waals surface area contributed by atoms with Gasteiger partial charge in [-0.25, -0.2) is 8.42 Å². The monoisotopic (exact) mass is 331 g/mol. The Labute approximate surface area is 134 Å². The number of ether oxygens (including phenoxy) is 1. The second kappa shape index (κ2) is 6.35. The highest BCUT2D eigenvalue weighted by Gasteiger charge is 2.42. The standard InChI is InChI=1S/C15H29N3O3S/c1-14(2)5-8-18(12-14)13(16-3)17-11-15(22(4,19)20)6-9-21-10-7-15/h5-12H2,1-4H3,(H,16,17).